The van der Waals surface area contributed by atoms with E-state index < -0.39 is 17.5 Å². The number of rotatable bonds is 2. The Balaban J connectivity index is 3.38. The summed E-state index contributed by atoms with van der Waals surface area (Å²) in [5.74, 6) is 0. The monoisotopic (exact) mass is 208 g/mol. The lowest BCUT2D eigenvalue weighted by Gasteiger charge is -2.05. The number of halogens is 3. The molecule has 1 aromatic heterocycles. The molecular weight excluding hydrogens is 202 g/mol. The summed E-state index contributed by atoms with van der Waals surface area (Å²) < 4.78 is 24.6. The van der Waals surface area contributed by atoms with Crippen molar-refractivity contribution in [2.75, 3.05) is 0 Å². The quantitative estimate of drug-likeness (QED) is 0.723. The summed E-state index contributed by atoms with van der Waals surface area (Å²) in [5, 5.41) is -0.113. The molecule has 3 nitrogen and oxygen atoms in total. The summed E-state index contributed by atoms with van der Waals surface area (Å²) in [6.45, 7) is -0.230. The van der Waals surface area contributed by atoms with Gasteiger partial charge in [-0.3, -0.25) is 4.79 Å². The highest BCUT2D eigenvalue weighted by atomic mass is 35.5. The van der Waals surface area contributed by atoms with Gasteiger partial charge in [-0.05, 0) is 0 Å². The number of aromatic amines is 1. The molecule has 0 aromatic carbocycles. The molecule has 72 valence electrons. The van der Waals surface area contributed by atoms with Crippen molar-refractivity contribution >= 4 is 11.6 Å². The molecule has 0 radical (unpaired) electrons. The standard InChI is InChI=1S/C7H7ClF2N2O/c8-5-1-4(13)3(2-11)6(12-5)7(9)10/h1,7H,2,11H2,(H,12,13). The van der Waals surface area contributed by atoms with Crippen LogP contribution in [0.15, 0.2) is 10.9 Å². The summed E-state index contributed by atoms with van der Waals surface area (Å²) in [6, 6.07) is 1.02. The number of aromatic nitrogens is 1. The zero-order valence-electron chi connectivity index (χ0n) is 6.48. The molecule has 1 aromatic rings. The minimum atomic E-state index is -2.77. The Bertz CT molecular complexity index is 364. The molecule has 0 bridgehead atoms. The van der Waals surface area contributed by atoms with Gasteiger partial charge >= 0.3 is 0 Å². The van der Waals surface area contributed by atoms with Crippen molar-refractivity contribution in [2.45, 2.75) is 13.0 Å². The van der Waals surface area contributed by atoms with Crippen molar-refractivity contribution in [2.24, 2.45) is 5.73 Å². The van der Waals surface area contributed by atoms with Crippen LogP contribution in [0.1, 0.15) is 17.7 Å². The highest BCUT2D eigenvalue weighted by molar-refractivity contribution is 6.29. The molecule has 0 amide bonds. The van der Waals surface area contributed by atoms with Crippen LogP contribution >= 0.6 is 11.6 Å². The van der Waals surface area contributed by atoms with Gasteiger partial charge < -0.3 is 10.7 Å². The lowest BCUT2D eigenvalue weighted by Crippen LogP contribution is -2.17. The lowest BCUT2D eigenvalue weighted by atomic mass is 10.2. The maximum atomic E-state index is 12.3. The first-order chi connectivity index (χ1) is 6.06. The van der Waals surface area contributed by atoms with E-state index in [0.717, 1.165) is 6.07 Å². The molecule has 0 saturated heterocycles. The van der Waals surface area contributed by atoms with Crippen molar-refractivity contribution in [1.29, 1.82) is 0 Å². The fraction of sp³-hybridized carbons (Fsp3) is 0.286. The predicted octanol–water partition coefficient (Wildman–Crippen LogP) is 1.42. The van der Waals surface area contributed by atoms with E-state index >= 15 is 0 Å². The van der Waals surface area contributed by atoms with Crippen LogP contribution < -0.4 is 11.2 Å². The van der Waals surface area contributed by atoms with Gasteiger partial charge in [0, 0.05) is 18.2 Å². The Morgan fingerprint density at radius 2 is 2.23 bits per heavy atom. The van der Waals surface area contributed by atoms with Crippen LogP contribution in [-0.2, 0) is 6.54 Å². The highest BCUT2D eigenvalue weighted by Gasteiger charge is 2.15. The zero-order chi connectivity index (χ0) is 10.0. The summed E-state index contributed by atoms with van der Waals surface area (Å²) in [6.07, 6.45) is -2.77. The number of hydrogen-bond donors (Lipinski definition) is 2. The predicted molar refractivity (Wildman–Crippen MR) is 44.9 cm³/mol. The van der Waals surface area contributed by atoms with E-state index in [1.165, 1.54) is 0 Å². The summed E-state index contributed by atoms with van der Waals surface area (Å²) in [7, 11) is 0. The molecule has 0 unspecified atom stereocenters. The molecule has 0 atom stereocenters. The Kier molecular flexibility index (Phi) is 3.00. The van der Waals surface area contributed by atoms with E-state index in [9.17, 15) is 13.6 Å². The van der Waals surface area contributed by atoms with E-state index in [-0.39, 0.29) is 17.3 Å². The van der Waals surface area contributed by atoms with Gasteiger partial charge in [0.2, 0.25) is 0 Å². The molecule has 0 spiro atoms. The molecule has 0 saturated carbocycles. The molecule has 0 fully saturated rings. The summed E-state index contributed by atoms with van der Waals surface area (Å²) >= 11 is 5.39. The SMILES string of the molecule is NCc1c(C(F)F)[nH]c(Cl)cc1=O. The average Bonchev–Trinajstić information content (AvgIpc) is 2.02. The Labute approximate surface area is 77.5 Å². The molecule has 3 N–H and O–H groups in total. The summed E-state index contributed by atoms with van der Waals surface area (Å²) in [4.78, 5) is 13.3. The van der Waals surface area contributed by atoms with E-state index in [0.29, 0.717) is 0 Å². The number of H-pyrrole nitrogens is 1. The number of hydrogen-bond acceptors (Lipinski definition) is 2. The van der Waals surface area contributed by atoms with Crippen molar-refractivity contribution in [3.8, 4) is 0 Å². The Morgan fingerprint density at radius 3 is 2.69 bits per heavy atom. The van der Waals surface area contributed by atoms with Crippen LogP contribution in [-0.4, -0.2) is 4.98 Å². The number of nitrogens with two attached hydrogens (primary N) is 1. The molecule has 6 heteroatoms. The third-order valence-corrected chi connectivity index (χ3v) is 1.76. The summed E-state index contributed by atoms with van der Waals surface area (Å²) in [5.41, 5.74) is 3.95. The maximum absolute atomic E-state index is 12.3. The third kappa shape index (κ3) is 2.05. The fourth-order valence-corrected chi connectivity index (χ4v) is 1.17. The second-order valence-electron chi connectivity index (χ2n) is 2.38. The zero-order valence-corrected chi connectivity index (χ0v) is 7.24. The Morgan fingerprint density at radius 1 is 1.62 bits per heavy atom. The van der Waals surface area contributed by atoms with E-state index in [1.807, 2.05) is 0 Å². The molecule has 0 aliphatic heterocycles. The van der Waals surface area contributed by atoms with E-state index in [1.54, 1.807) is 0 Å². The first-order valence-electron chi connectivity index (χ1n) is 3.46. The Hall–Kier alpha value is -0.940. The van der Waals surface area contributed by atoms with Crippen molar-refractivity contribution < 1.29 is 8.78 Å². The molecular formula is C7H7ClF2N2O. The molecule has 1 rings (SSSR count). The fourth-order valence-electron chi connectivity index (χ4n) is 0.972. The second-order valence-corrected chi connectivity index (χ2v) is 2.79. The van der Waals surface area contributed by atoms with Gasteiger partial charge in [0.05, 0.1) is 5.69 Å². The average molecular weight is 209 g/mol. The first kappa shape index (κ1) is 10.1. The molecule has 1 heterocycles. The van der Waals surface area contributed by atoms with Crippen LogP contribution in [0.25, 0.3) is 0 Å². The van der Waals surface area contributed by atoms with Gasteiger partial charge in [0.1, 0.15) is 5.15 Å². The largest absolute Gasteiger partial charge is 0.344 e. The normalized spacial score (nSPS) is 10.8. The molecule has 0 aliphatic carbocycles. The van der Waals surface area contributed by atoms with Crippen molar-refractivity contribution in [3.63, 3.8) is 0 Å². The maximum Gasteiger partial charge on any atom is 0.278 e. The lowest BCUT2D eigenvalue weighted by molar-refractivity contribution is 0.144. The van der Waals surface area contributed by atoms with Crippen LogP contribution in [0.5, 0.6) is 0 Å². The van der Waals surface area contributed by atoms with E-state index in [4.69, 9.17) is 17.3 Å². The highest BCUT2D eigenvalue weighted by Crippen LogP contribution is 2.19. The van der Waals surface area contributed by atoms with E-state index in [2.05, 4.69) is 4.98 Å². The first-order valence-corrected chi connectivity index (χ1v) is 3.84. The van der Waals surface area contributed by atoms with Crippen LogP contribution in [0.4, 0.5) is 8.78 Å². The molecule has 0 aliphatic rings. The number of pyridine rings is 1. The van der Waals surface area contributed by atoms with Gasteiger partial charge in [-0.2, -0.15) is 0 Å². The van der Waals surface area contributed by atoms with Crippen LogP contribution in [0, 0.1) is 0 Å². The number of nitrogens with one attached hydrogen (secondary N) is 1. The topological polar surface area (TPSA) is 58.9 Å². The van der Waals surface area contributed by atoms with Crippen molar-refractivity contribution in [3.05, 3.63) is 32.7 Å². The molecule has 13 heavy (non-hydrogen) atoms. The van der Waals surface area contributed by atoms with Gasteiger partial charge in [-0.1, -0.05) is 11.6 Å². The third-order valence-electron chi connectivity index (χ3n) is 1.56. The second kappa shape index (κ2) is 3.85. The van der Waals surface area contributed by atoms with Gasteiger partial charge in [-0.25, -0.2) is 8.78 Å². The van der Waals surface area contributed by atoms with Gasteiger partial charge in [-0.15, -0.1) is 0 Å². The van der Waals surface area contributed by atoms with Crippen LogP contribution in [0.3, 0.4) is 0 Å². The van der Waals surface area contributed by atoms with Gasteiger partial charge in [0.25, 0.3) is 6.43 Å². The minimum absolute atomic E-state index is 0.113. The van der Waals surface area contributed by atoms with Crippen LogP contribution in [0.2, 0.25) is 5.15 Å². The van der Waals surface area contributed by atoms with Gasteiger partial charge in [0.15, 0.2) is 5.43 Å². The smallest absolute Gasteiger partial charge is 0.278 e. The van der Waals surface area contributed by atoms with Crippen molar-refractivity contribution in [1.82, 2.24) is 4.98 Å². The number of alkyl halides is 2. The minimum Gasteiger partial charge on any atom is -0.344 e.